The highest BCUT2D eigenvalue weighted by Gasteiger charge is 2.35. The smallest absolute Gasteiger partial charge is 0.136 e. The van der Waals surface area contributed by atoms with Gasteiger partial charge in [-0.2, -0.15) is 5.10 Å². The lowest BCUT2D eigenvalue weighted by molar-refractivity contribution is 0.0438. The van der Waals surface area contributed by atoms with Gasteiger partial charge in [-0.3, -0.25) is 4.98 Å². The van der Waals surface area contributed by atoms with Gasteiger partial charge in [-0.05, 0) is 84.5 Å². The third kappa shape index (κ3) is 4.73. The van der Waals surface area contributed by atoms with Gasteiger partial charge in [0, 0.05) is 24.9 Å². The van der Waals surface area contributed by atoms with Crippen LogP contribution in [0.5, 0.6) is 0 Å². The van der Waals surface area contributed by atoms with Gasteiger partial charge in [0.1, 0.15) is 17.5 Å². The summed E-state index contributed by atoms with van der Waals surface area (Å²) in [5.74, 6) is -0.618. The van der Waals surface area contributed by atoms with Crippen molar-refractivity contribution in [1.82, 2.24) is 19.6 Å². The van der Waals surface area contributed by atoms with Crippen molar-refractivity contribution in [1.29, 1.82) is 0 Å². The first-order valence-corrected chi connectivity index (χ1v) is 13.7. The van der Waals surface area contributed by atoms with E-state index in [9.17, 15) is 10.2 Å². The van der Waals surface area contributed by atoms with E-state index >= 15 is 8.78 Å². The average molecular weight is 534 g/mol. The number of rotatable bonds is 5. The second-order valence-electron chi connectivity index (χ2n) is 11.3. The highest BCUT2D eigenvalue weighted by molar-refractivity contribution is 5.63. The first-order valence-electron chi connectivity index (χ1n) is 13.7. The van der Waals surface area contributed by atoms with Gasteiger partial charge < -0.3 is 15.9 Å². The molecule has 0 unspecified atom stereocenters. The Balaban J connectivity index is 1.33. The predicted octanol–water partition coefficient (Wildman–Crippen LogP) is 4.62. The molecule has 2 aliphatic rings. The maximum atomic E-state index is 15.3. The highest BCUT2D eigenvalue weighted by Crippen LogP contribution is 2.41. The van der Waals surface area contributed by atoms with Gasteiger partial charge in [-0.1, -0.05) is 19.8 Å². The van der Waals surface area contributed by atoms with Gasteiger partial charge in [0.2, 0.25) is 0 Å². The van der Waals surface area contributed by atoms with E-state index < -0.39 is 23.3 Å². The van der Waals surface area contributed by atoms with Crippen LogP contribution in [0.3, 0.4) is 0 Å². The Bertz CT molecular complexity index is 1480. The topological polar surface area (TPSA) is 110 Å². The minimum absolute atomic E-state index is 0.0850. The van der Waals surface area contributed by atoms with Crippen LogP contribution < -0.4 is 5.73 Å². The number of aliphatic hydroxyl groups excluding tert-OH is 1. The van der Waals surface area contributed by atoms with Crippen molar-refractivity contribution in [3.05, 3.63) is 83.1 Å². The zero-order valence-electron chi connectivity index (χ0n) is 21.9. The van der Waals surface area contributed by atoms with Crippen LogP contribution in [0.2, 0.25) is 0 Å². The number of pyridine rings is 1. The Labute approximate surface area is 225 Å². The molecule has 4 N–H and O–H groups in total. The molecule has 2 saturated carbocycles. The number of imidazole rings is 1. The molecule has 6 rings (SSSR count). The normalized spacial score (nSPS) is 24.9. The van der Waals surface area contributed by atoms with Gasteiger partial charge in [0.05, 0.1) is 34.7 Å². The number of fused-ring (bicyclic) bond motifs is 1. The standard InChI is InChI=1S/C30H33F2N5O2/c1-17-10-18(11-25(33)29(17)38)22-6-9-34-15-19(22)12-27-35-16-21-4-5-26(36-37(21)27)28-23(31)13-20(14-24(28)32)30(39)7-2-3-8-30/h4-6,9,13-18,25,29,38-39H,2-3,7-8,10-12,33H2,1H3/t17-,18+,25+,29-/m0/s1. The summed E-state index contributed by atoms with van der Waals surface area (Å²) in [6.45, 7) is 2.02. The molecular weight excluding hydrogens is 500 g/mol. The summed E-state index contributed by atoms with van der Waals surface area (Å²) in [7, 11) is 0. The summed E-state index contributed by atoms with van der Waals surface area (Å²) in [5.41, 5.74) is 8.04. The minimum Gasteiger partial charge on any atom is -0.391 e. The van der Waals surface area contributed by atoms with Crippen molar-refractivity contribution < 1.29 is 19.0 Å². The number of hydrogen-bond donors (Lipinski definition) is 3. The maximum absolute atomic E-state index is 15.3. The van der Waals surface area contributed by atoms with Crippen LogP contribution in [-0.2, 0) is 12.0 Å². The maximum Gasteiger partial charge on any atom is 0.136 e. The SMILES string of the molecule is C[C@H]1C[C@@H](c2ccncc2Cc2ncc3ccc(-c4c(F)cc(C5(O)CCCC5)cc4F)nn23)C[C@@H](N)[C@H]1O. The van der Waals surface area contributed by atoms with E-state index in [0.717, 1.165) is 30.4 Å². The molecule has 0 aliphatic heterocycles. The van der Waals surface area contributed by atoms with Crippen LogP contribution >= 0.6 is 0 Å². The Hall–Kier alpha value is -3.27. The molecule has 0 spiro atoms. The number of halogens is 2. The second kappa shape index (κ2) is 10.0. The lowest BCUT2D eigenvalue weighted by Crippen LogP contribution is -2.44. The summed E-state index contributed by atoms with van der Waals surface area (Å²) in [6, 6.07) is 7.50. The number of aromatic nitrogens is 4. The molecule has 2 aliphatic carbocycles. The van der Waals surface area contributed by atoms with E-state index in [2.05, 4.69) is 15.1 Å². The molecule has 2 fully saturated rings. The van der Waals surface area contributed by atoms with E-state index in [-0.39, 0.29) is 34.7 Å². The minimum atomic E-state index is -1.19. The molecule has 39 heavy (non-hydrogen) atoms. The molecule has 0 saturated heterocycles. The fraction of sp³-hybridized carbons (Fsp3) is 0.433. The van der Waals surface area contributed by atoms with Crippen LogP contribution in [0.1, 0.15) is 73.9 Å². The number of aliphatic hydroxyl groups is 2. The molecule has 0 bridgehead atoms. The largest absolute Gasteiger partial charge is 0.391 e. The molecule has 7 nitrogen and oxygen atoms in total. The van der Waals surface area contributed by atoms with E-state index in [1.165, 1.54) is 12.1 Å². The third-order valence-electron chi connectivity index (χ3n) is 8.69. The number of nitrogens with zero attached hydrogens (tertiary/aromatic N) is 4. The molecule has 1 aromatic carbocycles. The molecule has 9 heteroatoms. The van der Waals surface area contributed by atoms with Gasteiger partial charge in [0.15, 0.2) is 0 Å². The Morgan fingerprint density at radius 2 is 1.82 bits per heavy atom. The second-order valence-corrected chi connectivity index (χ2v) is 11.3. The summed E-state index contributed by atoms with van der Waals surface area (Å²) in [4.78, 5) is 8.89. The van der Waals surface area contributed by atoms with Crippen molar-refractivity contribution in [2.75, 3.05) is 0 Å². The van der Waals surface area contributed by atoms with E-state index in [1.54, 1.807) is 29.0 Å². The van der Waals surface area contributed by atoms with E-state index in [0.29, 0.717) is 37.0 Å². The van der Waals surface area contributed by atoms with E-state index in [4.69, 9.17) is 5.73 Å². The lowest BCUT2D eigenvalue weighted by Gasteiger charge is -2.36. The predicted molar refractivity (Wildman–Crippen MR) is 143 cm³/mol. The molecule has 204 valence electrons. The zero-order valence-corrected chi connectivity index (χ0v) is 21.9. The number of hydrogen-bond acceptors (Lipinski definition) is 6. The first-order chi connectivity index (χ1) is 18.7. The lowest BCUT2D eigenvalue weighted by atomic mass is 9.74. The molecule has 4 aromatic rings. The van der Waals surface area contributed by atoms with Crippen LogP contribution in [0.15, 0.2) is 48.9 Å². The van der Waals surface area contributed by atoms with Gasteiger partial charge >= 0.3 is 0 Å². The summed E-state index contributed by atoms with van der Waals surface area (Å²) in [6.07, 6.45) is 9.32. The molecule has 0 radical (unpaired) electrons. The fourth-order valence-corrected chi connectivity index (χ4v) is 6.50. The van der Waals surface area contributed by atoms with Gasteiger partial charge in [-0.15, -0.1) is 0 Å². The molecule has 0 amide bonds. The van der Waals surface area contributed by atoms with E-state index in [1.807, 2.05) is 19.2 Å². The summed E-state index contributed by atoms with van der Waals surface area (Å²) < 4.78 is 32.2. The highest BCUT2D eigenvalue weighted by atomic mass is 19.1. The van der Waals surface area contributed by atoms with Crippen LogP contribution in [-0.4, -0.2) is 41.9 Å². The van der Waals surface area contributed by atoms with Crippen LogP contribution in [0, 0.1) is 17.6 Å². The van der Waals surface area contributed by atoms with Crippen molar-refractivity contribution in [2.45, 2.75) is 75.5 Å². The zero-order chi connectivity index (χ0) is 27.3. The van der Waals surface area contributed by atoms with Crippen LogP contribution in [0.4, 0.5) is 8.78 Å². The Morgan fingerprint density at radius 1 is 1.08 bits per heavy atom. The van der Waals surface area contributed by atoms with Gasteiger partial charge in [-0.25, -0.2) is 18.3 Å². The first kappa shape index (κ1) is 26.0. The molecule has 3 heterocycles. The van der Waals surface area contributed by atoms with Crippen molar-refractivity contribution in [3.63, 3.8) is 0 Å². The summed E-state index contributed by atoms with van der Waals surface area (Å²) in [5, 5.41) is 25.7. The Kier molecular flexibility index (Phi) is 6.69. The fourth-order valence-electron chi connectivity index (χ4n) is 6.50. The van der Waals surface area contributed by atoms with Crippen molar-refractivity contribution in [2.24, 2.45) is 11.7 Å². The van der Waals surface area contributed by atoms with Crippen molar-refractivity contribution in [3.8, 4) is 11.3 Å². The Morgan fingerprint density at radius 3 is 2.54 bits per heavy atom. The van der Waals surface area contributed by atoms with Crippen molar-refractivity contribution >= 4 is 5.52 Å². The number of benzene rings is 1. The molecular formula is C30H33F2N5O2. The molecule has 4 atom stereocenters. The monoisotopic (exact) mass is 533 g/mol. The number of nitrogens with two attached hydrogens (primary N) is 1. The quantitative estimate of drug-likeness (QED) is 0.345. The average Bonchev–Trinajstić information content (AvgIpc) is 3.54. The molecule has 3 aromatic heterocycles. The third-order valence-corrected chi connectivity index (χ3v) is 8.69. The van der Waals surface area contributed by atoms with Crippen LogP contribution in [0.25, 0.3) is 16.8 Å². The van der Waals surface area contributed by atoms with Gasteiger partial charge in [0.25, 0.3) is 0 Å². The summed E-state index contributed by atoms with van der Waals surface area (Å²) >= 11 is 0.